The van der Waals surface area contributed by atoms with Crippen LogP contribution in [0.25, 0.3) is 0 Å². The van der Waals surface area contributed by atoms with Crippen LogP contribution in [0.4, 0.5) is 22.8 Å². The van der Waals surface area contributed by atoms with Crippen LogP contribution in [0.15, 0.2) is 24.3 Å². The maximum Gasteiger partial charge on any atom is 0.416 e. The molecular formula is C27H34F3N5O5. The first-order chi connectivity index (χ1) is 18.7. The second kappa shape index (κ2) is 11.4. The molecule has 1 saturated heterocycles. The van der Waals surface area contributed by atoms with Crippen LogP contribution in [0, 0.1) is 6.92 Å². The number of rotatable bonds is 4. The fraction of sp³-hybridized carbons (Fsp3) is 0.556. The molecule has 2 aromatic rings. The Bertz CT molecular complexity index is 1260. The molecule has 0 unspecified atom stereocenters. The average molecular weight is 566 g/mol. The highest BCUT2D eigenvalue weighted by Gasteiger charge is 2.32. The molecule has 3 amide bonds. The van der Waals surface area contributed by atoms with E-state index in [9.17, 15) is 27.6 Å². The number of nitrogens with one attached hydrogen (secondary N) is 1. The number of aryl methyl sites for hydroxylation is 1. The van der Waals surface area contributed by atoms with Crippen molar-refractivity contribution in [1.82, 2.24) is 24.9 Å². The number of aromatic nitrogens is 2. The predicted octanol–water partition coefficient (Wildman–Crippen LogP) is 4.49. The zero-order valence-electron chi connectivity index (χ0n) is 23.0. The van der Waals surface area contributed by atoms with Gasteiger partial charge in [-0.2, -0.15) is 18.3 Å². The van der Waals surface area contributed by atoms with Crippen molar-refractivity contribution in [3.05, 3.63) is 52.3 Å². The molecule has 2 aliphatic heterocycles. The summed E-state index contributed by atoms with van der Waals surface area (Å²) in [5.41, 5.74) is 0.214. The Morgan fingerprint density at radius 1 is 1.00 bits per heavy atom. The number of alkyl halides is 3. The van der Waals surface area contributed by atoms with E-state index in [1.54, 1.807) is 49.4 Å². The van der Waals surface area contributed by atoms with Crippen molar-refractivity contribution < 1.29 is 37.0 Å². The summed E-state index contributed by atoms with van der Waals surface area (Å²) < 4.78 is 51.5. The van der Waals surface area contributed by atoms with Crippen molar-refractivity contribution in [2.24, 2.45) is 0 Å². The number of benzene rings is 1. The lowest BCUT2D eigenvalue weighted by Crippen LogP contribution is -2.47. The zero-order valence-corrected chi connectivity index (χ0v) is 23.0. The Labute approximate surface area is 230 Å². The lowest BCUT2D eigenvalue weighted by molar-refractivity contribution is -0.137. The molecule has 0 atom stereocenters. The van der Waals surface area contributed by atoms with E-state index in [2.05, 4.69) is 10.4 Å². The van der Waals surface area contributed by atoms with Gasteiger partial charge in [-0.3, -0.25) is 9.48 Å². The van der Waals surface area contributed by atoms with Crippen molar-refractivity contribution in [2.75, 3.05) is 19.6 Å². The third-order valence-corrected chi connectivity index (χ3v) is 6.61. The summed E-state index contributed by atoms with van der Waals surface area (Å²) in [6.07, 6.45) is -4.45. The number of ether oxygens (including phenoxy) is 2. The molecule has 13 heteroatoms. The largest absolute Gasteiger partial charge is 0.445 e. The molecule has 0 saturated carbocycles. The molecule has 218 valence electrons. The van der Waals surface area contributed by atoms with Gasteiger partial charge in [-0.05, 0) is 64.3 Å². The van der Waals surface area contributed by atoms with Gasteiger partial charge in [0.15, 0.2) is 5.69 Å². The summed E-state index contributed by atoms with van der Waals surface area (Å²) in [5.74, 6) is -0.230. The van der Waals surface area contributed by atoms with Gasteiger partial charge in [0.25, 0.3) is 5.91 Å². The van der Waals surface area contributed by atoms with Gasteiger partial charge in [0.2, 0.25) is 0 Å². The average Bonchev–Trinajstić information content (AvgIpc) is 3.29. The highest BCUT2D eigenvalue weighted by Crippen LogP contribution is 2.31. The van der Waals surface area contributed by atoms with Crippen molar-refractivity contribution in [3.8, 4) is 0 Å². The summed E-state index contributed by atoms with van der Waals surface area (Å²) in [7, 11) is 0. The van der Waals surface area contributed by atoms with Crippen molar-refractivity contribution >= 4 is 18.1 Å². The fourth-order valence-electron chi connectivity index (χ4n) is 4.74. The number of carbonyl (C=O) groups excluding carboxylic acids is 3. The number of amides is 3. The number of carbonyl (C=O) groups is 3. The van der Waals surface area contributed by atoms with E-state index >= 15 is 0 Å². The van der Waals surface area contributed by atoms with E-state index in [1.807, 2.05) is 0 Å². The van der Waals surface area contributed by atoms with Crippen molar-refractivity contribution in [3.63, 3.8) is 0 Å². The van der Waals surface area contributed by atoms with Gasteiger partial charge in [0.1, 0.15) is 12.2 Å². The summed E-state index contributed by atoms with van der Waals surface area (Å²) in [5, 5.41) is 7.26. The van der Waals surface area contributed by atoms with Gasteiger partial charge < -0.3 is 24.6 Å². The Hall–Kier alpha value is -3.77. The number of hydrogen-bond acceptors (Lipinski definition) is 6. The van der Waals surface area contributed by atoms with Crippen LogP contribution in [0.3, 0.4) is 0 Å². The highest BCUT2D eigenvalue weighted by molar-refractivity contribution is 5.92. The molecule has 2 aliphatic rings. The minimum Gasteiger partial charge on any atom is -0.445 e. The molecule has 0 bridgehead atoms. The van der Waals surface area contributed by atoms with Crippen LogP contribution < -0.4 is 5.32 Å². The van der Waals surface area contributed by atoms with Crippen LogP contribution in [0.5, 0.6) is 0 Å². The third-order valence-electron chi connectivity index (χ3n) is 6.61. The van der Waals surface area contributed by atoms with Crippen molar-refractivity contribution in [1.29, 1.82) is 0 Å². The number of halogens is 3. The topological polar surface area (TPSA) is 106 Å². The molecule has 0 spiro atoms. The first-order valence-electron chi connectivity index (χ1n) is 13.1. The first-order valence-corrected chi connectivity index (χ1v) is 13.1. The second-order valence-corrected chi connectivity index (χ2v) is 11.1. The molecular weight excluding hydrogens is 531 g/mol. The van der Waals surface area contributed by atoms with E-state index in [-0.39, 0.29) is 42.9 Å². The van der Waals surface area contributed by atoms with Crippen LogP contribution >= 0.6 is 0 Å². The number of nitrogens with zero attached hydrogens (tertiary/aromatic N) is 4. The molecule has 1 aromatic heterocycles. The number of likely N-dealkylation sites (tertiary alicyclic amines) is 1. The van der Waals surface area contributed by atoms with Crippen LogP contribution in [-0.4, -0.2) is 69.0 Å². The second-order valence-electron chi connectivity index (χ2n) is 11.1. The molecule has 0 aliphatic carbocycles. The molecule has 3 heterocycles. The molecule has 1 fully saturated rings. The predicted molar refractivity (Wildman–Crippen MR) is 137 cm³/mol. The number of piperidine rings is 1. The van der Waals surface area contributed by atoms with Crippen LogP contribution in [0.1, 0.15) is 66.5 Å². The molecule has 0 radical (unpaired) electrons. The van der Waals surface area contributed by atoms with Crippen LogP contribution in [-0.2, 0) is 35.3 Å². The summed E-state index contributed by atoms with van der Waals surface area (Å²) >= 11 is 0. The summed E-state index contributed by atoms with van der Waals surface area (Å²) in [6.45, 7) is 8.33. The normalized spacial score (nSPS) is 16.4. The third kappa shape index (κ3) is 7.45. The highest BCUT2D eigenvalue weighted by atomic mass is 19.4. The molecule has 10 nitrogen and oxygen atoms in total. The van der Waals surface area contributed by atoms with E-state index in [0.717, 1.165) is 12.1 Å². The molecule has 40 heavy (non-hydrogen) atoms. The SMILES string of the molecule is Cc1cc(COC(=O)N2CCn3nc(C(=O)N4CCC(NC(=O)OC(C)(C)C)CC4)cc3C2)cc(C(F)(F)F)c1. The zero-order chi connectivity index (χ0) is 29.2. The maximum absolute atomic E-state index is 13.1. The Balaban J connectivity index is 1.29. The molecule has 4 rings (SSSR count). The van der Waals surface area contributed by atoms with Gasteiger partial charge in [0, 0.05) is 25.7 Å². The van der Waals surface area contributed by atoms with E-state index in [0.29, 0.717) is 43.7 Å². The number of alkyl carbamates (subject to hydrolysis) is 1. The number of hydrogen-bond donors (Lipinski definition) is 1. The Kier molecular flexibility index (Phi) is 8.31. The van der Waals surface area contributed by atoms with Crippen LogP contribution in [0.2, 0.25) is 0 Å². The van der Waals surface area contributed by atoms with Gasteiger partial charge in [-0.25, -0.2) is 9.59 Å². The maximum atomic E-state index is 13.1. The van der Waals surface area contributed by atoms with Crippen molar-refractivity contribution in [2.45, 2.75) is 78.1 Å². The molecule has 1 aromatic carbocycles. The lowest BCUT2D eigenvalue weighted by Gasteiger charge is -2.32. The quantitative estimate of drug-likeness (QED) is 0.586. The lowest BCUT2D eigenvalue weighted by atomic mass is 10.0. The van der Waals surface area contributed by atoms with E-state index < -0.39 is 29.5 Å². The fourth-order valence-corrected chi connectivity index (χ4v) is 4.74. The summed E-state index contributed by atoms with van der Waals surface area (Å²) in [6, 6.07) is 5.11. The minimum atomic E-state index is -4.49. The van der Waals surface area contributed by atoms with Gasteiger partial charge in [-0.1, -0.05) is 11.6 Å². The Morgan fingerprint density at radius 2 is 1.70 bits per heavy atom. The monoisotopic (exact) mass is 565 g/mol. The van der Waals surface area contributed by atoms with E-state index in [4.69, 9.17) is 9.47 Å². The standard InChI is InChI=1S/C27H34F3N5O5/c1-17-11-18(13-19(12-17)27(28,29)30)16-39-25(38)34-9-10-35-21(15-34)14-22(32-35)23(36)33-7-5-20(6-8-33)31-24(37)40-26(2,3)4/h11-14,20H,5-10,15-16H2,1-4H3,(H,31,37). The van der Waals surface area contributed by atoms with E-state index in [1.165, 1.54) is 4.90 Å². The summed E-state index contributed by atoms with van der Waals surface area (Å²) in [4.78, 5) is 40.9. The number of fused-ring (bicyclic) bond motifs is 1. The van der Waals surface area contributed by atoms with Gasteiger partial charge in [-0.15, -0.1) is 0 Å². The molecule has 1 N–H and O–H groups in total. The minimum absolute atomic E-state index is 0.0893. The van der Waals surface area contributed by atoms with Gasteiger partial charge >= 0.3 is 18.4 Å². The smallest absolute Gasteiger partial charge is 0.416 e. The Morgan fingerprint density at radius 3 is 2.35 bits per heavy atom. The first kappa shape index (κ1) is 29.2. The van der Waals surface area contributed by atoms with Gasteiger partial charge in [0.05, 0.1) is 24.3 Å².